The van der Waals surface area contributed by atoms with Gasteiger partial charge in [0.1, 0.15) is 6.04 Å². The lowest BCUT2D eigenvalue weighted by Gasteiger charge is -2.31. The maximum Gasteiger partial charge on any atom is 0.329 e. The standard InChI is InChI=1S/C21H37N3O5/c1-5-6-11-29-21(28)19(15(2)3)22(4)20(27)16-7-10-24(12-16)18(26)14-23-9-8-17(25)13-23/h15-17,19,25H,5-14H2,1-4H3/t16-,17-,19-/m0/s1. The van der Waals surface area contributed by atoms with Crippen LogP contribution in [-0.4, -0.2) is 96.1 Å². The van der Waals surface area contributed by atoms with E-state index in [1.807, 2.05) is 25.7 Å². The molecule has 0 saturated carbocycles. The van der Waals surface area contributed by atoms with Crippen molar-refractivity contribution in [3.63, 3.8) is 0 Å². The van der Waals surface area contributed by atoms with Crippen LogP contribution in [0.3, 0.4) is 0 Å². The van der Waals surface area contributed by atoms with Gasteiger partial charge >= 0.3 is 5.97 Å². The van der Waals surface area contributed by atoms with E-state index in [2.05, 4.69) is 0 Å². The molecule has 2 aliphatic heterocycles. The summed E-state index contributed by atoms with van der Waals surface area (Å²) in [5.74, 6) is -0.820. The number of amides is 2. The second-order valence-corrected chi connectivity index (χ2v) is 8.66. The predicted molar refractivity (Wildman–Crippen MR) is 109 cm³/mol. The summed E-state index contributed by atoms with van der Waals surface area (Å²) in [6.45, 7) is 8.69. The van der Waals surface area contributed by atoms with Crippen molar-refractivity contribution in [2.75, 3.05) is 46.4 Å². The summed E-state index contributed by atoms with van der Waals surface area (Å²) in [6.07, 6.45) is 2.70. The molecule has 8 heteroatoms. The van der Waals surface area contributed by atoms with Gasteiger partial charge in [0, 0.05) is 33.2 Å². The molecule has 0 aromatic carbocycles. The first-order chi connectivity index (χ1) is 13.7. The summed E-state index contributed by atoms with van der Waals surface area (Å²) in [6, 6.07) is -0.616. The van der Waals surface area contributed by atoms with Crippen molar-refractivity contribution in [2.45, 2.75) is 58.6 Å². The lowest BCUT2D eigenvalue weighted by Crippen LogP contribution is -2.49. The van der Waals surface area contributed by atoms with Crippen LogP contribution in [0, 0.1) is 11.8 Å². The van der Waals surface area contributed by atoms with Crippen LogP contribution in [0.2, 0.25) is 0 Å². The third-order valence-corrected chi connectivity index (χ3v) is 5.88. The quantitative estimate of drug-likeness (QED) is 0.444. The summed E-state index contributed by atoms with van der Waals surface area (Å²) >= 11 is 0. The largest absolute Gasteiger partial charge is 0.464 e. The van der Waals surface area contributed by atoms with Gasteiger partial charge in [-0.05, 0) is 25.2 Å². The normalized spacial score (nSPS) is 23.4. The van der Waals surface area contributed by atoms with E-state index in [-0.39, 0.29) is 42.3 Å². The number of nitrogens with zero attached hydrogens (tertiary/aromatic N) is 3. The number of likely N-dealkylation sites (tertiary alicyclic amines) is 2. The minimum atomic E-state index is -0.616. The van der Waals surface area contributed by atoms with E-state index in [4.69, 9.17) is 4.74 Å². The van der Waals surface area contributed by atoms with Crippen molar-refractivity contribution in [3.05, 3.63) is 0 Å². The number of ether oxygens (including phenoxy) is 1. The van der Waals surface area contributed by atoms with E-state index in [1.165, 1.54) is 4.90 Å². The lowest BCUT2D eigenvalue weighted by atomic mass is 10.00. The molecule has 29 heavy (non-hydrogen) atoms. The van der Waals surface area contributed by atoms with Crippen LogP contribution in [0.25, 0.3) is 0 Å². The van der Waals surface area contributed by atoms with Crippen molar-refractivity contribution in [1.82, 2.24) is 14.7 Å². The Kier molecular flexibility index (Phi) is 8.89. The van der Waals surface area contributed by atoms with Crippen LogP contribution < -0.4 is 0 Å². The van der Waals surface area contributed by atoms with Gasteiger partial charge in [-0.2, -0.15) is 0 Å². The third-order valence-electron chi connectivity index (χ3n) is 5.88. The number of rotatable bonds is 9. The summed E-state index contributed by atoms with van der Waals surface area (Å²) < 4.78 is 5.36. The number of aliphatic hydroxyl groups excluding tert-OH is 1. The second-order valence-electron chi connectivity index (χ2n) is 8.66. The Bertz CT molecular complexity index is 583. The lowest BCUT2D eigenvalue weighted by molar-refractivity contribution is -0.157. The average molecular weight is 412 g/mol. The zero-order valence-electron chi connectivity index (χ0n) is 18.3. The number of esters is 1. The van der Waals surface area contributed by atoms with Crippen LogP contribution in [0.4, 0.5) is 0 Å². The molecule has 2 rings (SSSR count). The van der Waals surface area contributed by atoms with Crippen molar-refractivity contribution < 1.29 is 24.2 Å². The molecule has 0 radical (unpaired) electrons. The number of hydrogen-bond acceptors (Lipinski definition) is 6. The highest BCUT2D eigenvalue weighted by atomic mass is 16.5. The maximum atomic E-state index is 13.0. The number of carbonyl (C=O) groups excluding carboxylic acids is 3. The molecule has 2 fully saturated rings. The van der Waals surface area contributed by atoms with Crippen LogP contribution in [0.1, 0.15) is 46.5 Å². The van der Waals surface area contributed by atoms with E-state index in [9.17, 15) is 19.5 Å². The van der Waals surface area contributed by atoms with E-state index in [0.29, 0.717) is 39.1 Å². The zero-order valence-corrected chi connectivity index (χ0v) is 18.3. The number of β-amino-alcohol motifs (C(OH)–C–C–N with tert-alkyl or cyclic N) is 1. The van der Waals surface area contributed by atoms with Crippen molar-refractivity contribution in [3.8, 4) is 0 Å². The number of carbonyl (C=O) groups is 3. The summed E-state index contributed by atoms with van der Waals surface area (Å²) in [5, 5.41) is 9.61. The SMILES string of the molecule is CCCCOC(=O)[C@H](C(C)C)N(C)C(=O)[C@H]1CCN(C(=O)CN2CC[C@H](O)C2)C1. The molecule has 0 aliphatic carbocycles. The molecular weight excluding hydrogens is 374 g/mol. The molecule has 1 N–H and O–H groups in total. The Morgan fingerprint density at radius 3 is 2.48 bits per heavy atom. The van der Waals surface area contributed by atoms with Gasteiger partial charge in [-0.3, -0.25) is 14.5 Å². The molecule has 0 spiro atoms. The molecule has 0 aromatic rings. The molecule has 0 unspecified atom stereocenters. The molecule has 3 atom stereocenters. The number of hydrogen-bond donors (Lipinski definition) is 1. The van der Waals surface area contributed by atoms with Gasteiger partial charge in [0.15, 0.2) is 0 Å². The van der Waals surface area contributed by atoms with Crippen molar-refractivity contribution in [2.24, 2.45) is 11.8 Å². The molecule has 0 bridgehead atoms. The molecule has 0 aromatic heterocycles. The van der Waals surface area contributed by atoms with Gasteiger partial charge in [0.05, 0.1) is 25.2 Å². The third kappa shape index (κ3) is 6.40. The topological polar surface area (TPSA) is 90.4 Å². The highest BCUT2D eigenvalue weighted by Gasteiger charge is 2.38. The fourth-order valence-corrected chi connectivity index (χ4v) is 4.14. The number of aliphatic hydroxyl groups is 1. The average Bonchev–Trinajstić information content (AvgIpc) is 3.30. The summed E-state index contributed by atoms with van der Waals surface area (Å²) in [4.78, 5) is 43.3. The minimum absolute atomic E-state index is 0.00330. The van der Waals surface area contributed by atoms with E-state index >= 15 is 0 Å². The molecular formula is C21H37N3O5. The van der Waals surface area contributed by atoms with E-state index in [1.54, 1.807) is 11.9 Å². The Hall–Kier alpha value is -1.67. The molecule has 2 aliphatic rings. The fourth-order valence-electron chi connectivity index (χ4n) is 4.14. The first-order valence-electron chi connectivity index (χ1n) is 10.9. The first-order valence-corrected chi connectivity index (χ1v) is 10.9. The van der Waals surface area contributed by atoms with E-state index in [0.717, 1.165) is 19.4 Å². The van der Waals surface area contributed by atoms with E-state index < -0.39 is 6.04 Å². The minimum Gasteiger partial charge on any atom is -0.464 e. The zero-order chi connectivity index (χ0) is 21.6. The highest BCUT2D eigenvalue weighted by Crippen LogP contribution is 2.22. The van der Waals surface area contributed by atoms with Crippen LogP contribution in [-0.2, 0) is 19.1 Å². The van der Waals surface area contributed by atoms with Gasteiger partial charge in [-0.15, -0.1) is 0 Å². The first kappa shape index (κ1) is 23.6. The summed E-state index contributed by atoms with van der Waals surface area (Å²) in [7, 11) is 1.66. The van der Waals surface area contributed by atoms with Crippen LogP contribution in [0.5, 0.6) is 0 Å². The molecule has 166 valence electrons. The fraction of sp³-hybridized carbons (Fsp3) is 0.857. The second kappa shape index (κ2) is 10.9. The Balaban J connectivity index is 1.89. The monoisotopic (exact) mass is 411 g/mol. The van der Waals surface area contributed by atoms with Gasteiger partial charge in [-0.25, -0.2) is 4.79 Å². The van der Waals surface area contributed by atoms with Gasteiger partial charge in [0.25, 0.3) is 0 Å². The Morgan fingerprint density at radius 1 is 1.17 bits per heavy atom. The maximum absolute atomic E-state index is 13.0. The van der Waals surface area contributed by atoms with Crippen molar-refractivity contribution >= 4 is 17.8 Å². The molecule has 8 nitrogen and oxygen atoms in total. The van der Waals surface area contributed by atoms with Gasteiger partial charge < -0.3 is 19.6 Å². The molecule has 2 amide bonds. The predicted octanol–water partition coefficient (Wildman–Crippen LogP) is 0.728. The smallest absolute Gasteiger partial charge is 0.329 e. The molecule has 2 saturated heterocycles. The highest BCUT2D eigenvalue weighted by molar-refractivity contribution is 5.87. The molecule has 2 heterocycles. The Labute approximate surface area is 174 Å². The summed E-state index contributed by atoms with van der Waals surface area (Å²) in [5.41, 5.74) is 0. The van der Waals surface area contributed by atoms with Crippen molar-refractivity contribution in [1.29, 1.82) is 0 Å². The van der Waals surface area contributed by atoms with Gasteiger partial charge in [-0.1, -0.05) is 27.2 Å². The Morgan fingerprint density at radius 2 is 1.90 bits per heavy atom. The van der Waals surface area contributed by atoms with Crippen LogP contribution in [0.15, 0.2) is 0 Å². The van der Waals surface area contributed by atoms with Gasteiger partial charge in [0.2, 0.25) is 11.8 Å². The number of likely N-dealkylation sites (N-methyl/N-ethyl adjacent to an activating group) is 1. The van der Waals surface area contributed by atoms with Crippen LogP contribution >= 0.6 is 0 Å². The number of unbranched alkanes of at least 4 members (excludes halogenated alkanes) is 1.